The van der Waals surface area contributed by atoms with Gasteiger partial charge in [-0.25, -0.2) is 0 Å². The van der Waals surface area contributed by atoms with Gasteiger partial charge < -0.3 is 19.6 Å². The van der Waals surface area contributed by atoms with Gasteiger partial charge in [0.2, 0.25) is 0 Å². The Bertz CT molecular complexity index is 819. The summed E-state index contributed by atoms with van der Waals surface area (Å²) in [5, 5.41) is 0. The summed E-state index contributed by atoms with van der Waals surface area (Å²) in [6, 6.07) is 1.79. The first-order valence-corrected chi connectivity index (χ1v) is 10.3. The second-order valence-corrected chi connectivity index (χ2v) is 9.39. The summed E-state index contributed by atoms with van der Waals surface area (Å²) in [7, 11) is 0. The molecule has 4 rings (SSSR count). The van der Waals surface area contributed by atoms with Crippen LogP contribution in [0.5, 0.6) is 0 Å². The summed E-state index contributed by atoms with van der Waals surface area (Å²) < 4.78 is 16.3. The topological polar surface area (TPSA) is 109 Å². The first-order chi connectivity index (χ1) is 13.7. The van der Waals surface area contributed by atoms with Crippen LogP contribution in [0.15, 0.2) is 23.0 Å². The molecule has 1 saturated heterocycles. The van der Waals surface area contributed by atoms with Crippen molar-refractivity contribution in [1.29, 1.82) is 0 Å². The van der Waals surface area contributed by atoms with Crippen molar-refractivity contribution in [1.82, 2.24) is 0 Å². The number of rotatable bonds is 3. The van der Waals surface area contributed by atoms with E-state index in [0.717, 1.165) is 12.0 Å². The molecule has 7 heteroatoms. The number of nitrogens with two attached hydrogens (primary N) is 1. The van der Waals surface area contributed by atoms with Gasteiger partial charge in [0.25, 0.3) is 0 Å². The van der Waals surface area contributed by atoms with Gasteiger partial charge in [-0.2, -0.15) is 0 Å². The van der Waals surface area contributed by atoms with Crippen molar-refractivity contribution in [3.8, 4) is 0 Å². The fourth-order valence-electron chi connectivity index (χ4n) is 6.43. The molecule has 0 spiro atoms. The minimum atomic E-state index is -0.806. The SMILES string of the molecule is CC(=O)O[C@H]1C[C@@H](CN)[C@]2(C)CCC3C(=O)O[C@H](c4ccoc4)C[C@]3(C)C2C1=O. The molecule has 2 N–H and O–H groups in total. The Morgan fingerprint density at radius 1 is 1.31 bits per heavy atom. The molecular formula is C22H29NO6. The molecule has 2 aliphatic carbocycles. The van der Waals surface area contributed by atoms with Gasteiger partial charge in [-0.15, -0.1) is 0 Å². The Morgan fingerprint density at radius 3 is 2.69 bits per heavy atom. The third-order valence-corrected chi connectivity index (χ3v) is 7.80. The van der Waals surface area contributed by atoms with E-state index in [0.29, 0.717) is 25.8 Å². The molecule has 2 saturated carbocycles. The smallest absolute Gasteiger partial charge is 0.310 e. The number of hydrogen-bond donors (Lipinski definition) is 1. The van der Waals surface area contributed by atoms with E-state index in [9.17, 15) is 14.4 Å². The lowest BCUT2D eigenvalue weighted by Gasteiger charge is -2.61. The van der Waals surface area contributed by atoms with E-state index in [2.05, 4.69) is 6.92 Å². The van der Waals surface area contributed by atoms with Crippen LogP contribution in [-0.4, -0.2) is 30.4 Å². The molecule has 1 aromatic heterocycles. The summed E-state index contributed by atoms with van der Waals surface area (Å²) in [5.74, 6) is -1.57. The van der Waals surface area contributed by atoms with Crippen LogP contribution in [0, 0.1) is 28.6 Å². The van der Waals surface area contributed by atoms with Crippen molar-refractivity contribution in [2.45, 2.75) is 58.7 Å². The Balaban J connectivity index is 1.76. The molecule has 2 heterocycles. The zero-order valence-corrected chi connectivity index (χ0v) is 17.2. The lowest BCUT2D eigenvalue weighted by Crippen LogP contribution is -2.64. The highest BCUT2D eigenvalue weighted by Crippen LogP contribution is 2.64. The Kier molecular flexibility index (Phi) is 4.84. The fourth-order valence-corrected chi connectivity index (χ4v) is 6.43. The normalized spacial score (nSPS) is 41.9. The van der Waals surface area contributed by atoms with E-state index < -0.39 is 29.5 Å². The standard InChI is InChI=1S/C22H29NO6/c1-12(24)28-16-8-14(10-23)21(2)6-4-15-20(26)29-17(13-5-7-27-11-13)9-22(15,3)19(21)18(16)25/h5,7,11,14-17,19H,4,6,8-10,23H2,1-3H3/t14-,15?,16-,17-,19?,21-,22-/m0/s1. The van der Waals surface area contributed by atoms with Crippen molar-refractivity contribution in [3.05, 3.63) is 24.2 Å². The van der Waals surface area contributed by atoms with Crippen LogP contribution in [-0.2, 0) is 23.9 Å². The number of Topliss-reactive ketones (excluding diaryl/α,β-unsaturated/α-hetero) is 1. The highest BCUT2D eigenvalue weighted by atomic mass is 16.6. The molecule has 1 aromatic rings. The molecule has 7 atom stereocenters. The Labute approximate surface area is 170 Å². The maximum absolute atomic E-state index is 13.6. The number of cyclic esters (lactones) is 1. The van der Waals surface area contributed by atoms with E-state index in [1.54, 1.807) is 18.6 Å². The van der Waals surface area contributed by atoms with Gasteiger partial charge in [0.05, 0.1) is 18.4 Å². The molecule has 0 bridgehead atoms. The molecule has 3 aliphatic rings. The summed E-state index contributed by atoms with van der Waals surface area (Å²) in [5.41, 5.74) is 5.97. The molecular weight excluding hydrogens is 374 g/mol. The zero-order valence-electron chi connectivity index (χ0n) is 17.2. The highest BCUT2D eigenvalue weighted by molar-refractivity contribution is 5.91. The van der Waals surface area contributed by atoms with Gasteiger partial charge in [0, 0.05) is 18.4 Å². The van der Waals surface area contributed by atoms with Crippen molar-refractivity contribution in [3.63, 3.8) is 0 Å². The molecule has 7 nitrogen and oxygen atoms in total. The maximum atomic E-state index is 13.6. The lowest BCUT2D eigenvalue weighted by molar-refractivity contribution is -0.207. The van der Waals surface area contributed by atoms with Gasteiger partial charge in [0.15, 0.2) is 11.9 Å². The number of fused-ring (bicyclic) bond motifs is 3. The van der Waals surface area contributed by atoms with E-state index in [1.807, 2.05) is 6.92 Å². The molecule has 158 valence electrons. The summed E-state index contributed by atoms with van der Waals surface area (Å²) in [6.07, 6.45) is 4.23. The molecule has 1 aliphatic heterocycles. The maximum Gasteiger partial charge on any atom is 0.310 e. The van der Waals surface area contributed by atoms with Gasteiger partial charge in [-0.05, 0) is 55.0 Å². The van der Waals surface area contributed by atoms with E-state index >= 15 is 0 Å². The number of ether oxygens (including phenoxy) is 2. The zero-order chi connectivity index (χ0) is 21.0. The van der Waals surface area contributed by atoms with Crippen molar-refractivity contribution in [2.24, 2.45) is 34.3 Å². The number of esters is 2. The van der Waals surface area contributed by atoms with Crippen LogP contribution < -0.4 is 5.73 Å². The molecule has 0 aromatic carbocycles. The Hall–Kier alpha value is -2.15. The monoisotopic (exact) mass is 403 g/mol. The quantitative estimate of drug-likeness (QED) is 0.773. The third-order valence-electron chi connectivity index (χ3n) is 7.80. The van der Waals surface area contributed by atoms with E-state index in [-0.39, 0.29) is 29.0 Å². The van der Waals surface area contributed by atoms with Crippen LogP contribution in [0.2, 0.25) is 0 Å². The third kappa shape index (κ3) is 3.01. The second kappa shape index (κ2) is 6.97. The average molecular weight is 403 g/mol. The molecule has 3 fully saturated rings. The Morgan fingerprint density at radius 2 is 2.07 bits per heavy atom. The van der Waals surface area contributed by atoms with Gasteiger partial charge in [-0.1, -0.05) is 13.8 Å². The lowest BCUT2D eigenvalue weighted by atomic mass is 9.43. The van der Waals surface area contributed by atoms with Gasteiger partial charge in [0.1, 0.15) is 6.10 Å². The second-order valence-electron chi connectivity index (χ2n) is 9.39. The van der Waals surface area contributed by atoms with Crippen LogP contribution in [0.4, 0.5) is 0 Å². The van der Waals surface area contributed by atoms with E-state index in [4.69, 9.17) is 19.6 Å². The predicted octanol–water partition coefficient (Wildman–Crippen LogP) is 2.79. The number of furan rings is 1. The molecule has 2 unspecified atom stereocenters. The summed E-state index contributed by atoms with van der Waals surface area (Å²) >= 11 is 0. The minimum absolute atomic E-state index is 0.0395. The van der Waals surface area contributed by atoms with Crippen molar-refractivity contribution < 1.29 is 28.3 Å². The van der Waals surface area contributed by atoms with Crippen LogP contribution in [0.3, 0.4) is 0 Å². The fraction of sp³-hybridized carbons (Fsp3) is 0.682. The molecule has 0 amide bonds. The number of ketones is 1. The summed E-state index contributed by atoms with van der Waals surface area (Å²) in [6.45, 7) is 5.87. The first kappa shape index (κ1) is 20.1. The van der Waals surface area contributed by atoms with Crippen LogP contribution >= 0.6 is 0 Å². The number of hydrogen-bond acceptors (Lipinski definition) is 7. The largest absolute Gasteiger partial charge is 0.472 e. The molecule has 0 radical (unpaired) electrons. The highest BCUT2D eigenvalue weighted by Gasteiger charge is 2.66. The van der Waals surface area contributed by atoms with Gasteiger partial charge >= 0.3 is 11.9 Å². The van der Waals surface area contributed by atoms with Crippen LogP contribution in [0.25, 0.3) is 0 Å². The van der Waals surface area contributed by atoms with E-state index in [1.165, 1.54) is 6.92 Å². The van der Waals surface area contributed by atoms with Crippen LogP contribution in [0.1, 0.15) is 58.1 Å². The summed E-state index contributed by atoms with van der Waals surface area (Å²) in [4.78, 5) is 38.2. The number of carbonyl (C=O) groups is 3. The average Bonchev–Trinajstić information content (AvgIpc) is 3.17. The first-order valence-electron chi connectivity index (χ1n) is 10.3. The predicted molar refractivity (Wildman–Crippen MR) is 102 cm³/mol. The van der Waals surface area contributed by atoms with Crippen molar-refractivity contribution >= 4 is 17.7 Å². The number of carbonyl (C=O) groups excluding carboxylic acids is 3. The molecule has 29 heavy (non-hydrogen) atoms. The van der Waals surface area contributed by atoms with Gasteiger partial charge in [-0.3, -0.25) is 14.4 Å². The van der Waals surface area contributed by atoms with Crippen molar-refractivity contribution in [2.75, 3.05) is 6.54 Å². The minimum Gasteiger partial charge on any atom is -0.472 e.